The predicted molar refractivity (Wildman–Crippen MR) is 90.0 cm³/mol. The quantitative estimate of drug-likeness (QED) is 0.723. The number of sulfone groups is 1. The van der Waals surface area contributed by atoms with Gasteiger partial charge in [0.15, 0.2) is 14.8 Å². The molecule has 0 amide bonds. The molecule has 5 heteroatoms. The minimum absolute atomic E-state index is 0.164. The average molecular weight is 334 g/mol. The molecule has 2 aromatic carbocycles. The molecule has 3 rings (SSSR count). The molecule has 0 aromatic heterocycles. The smallest absolute Gasteiger partial charge is 0.178 e. The Labute approximate surface area is 135 Å². The molecule has 1 aliphatic rings. The maximum atomic E-state index is 12.2. The van der Waals surface area contributed by atoms with Crippen molar-refractivity contribution in [3.8, 4) is 5.75 Å². The fourth-order valence-electron chi connectivity index (χ4n) is 2.32. The van der Waals surface area contributed by atoms with Crippen molar-refractivity contribution < 1.29 is 13.2 Å². The monoisotopic (exact) mass is 334 g/mol. The van der Waals surface area contributed by atoms with Crippen LogP contribution in [0.25, 0.3) is 0 Å². The Kier molecular flexibility index (Phi) is 4.45. The molecular formula is C17H18O3S2. The molecule has 2 aromatic rings. The average Bonchev–Trinajstić information content (AvgIpc) is 3.28. The minimum Gasteiger partial charge on any atom is -0.476 e. The summed E-state index contributed by atoms with van der Waals surface area (Å²) in [7, 11) is -3.19. The van der Waals surface area contributed by atoms with Crippen molar-refractivity contribution in [1.82, 2.24) is 0 Å². The summed E-state index contributed by atoms with van der Waals surface area (Å²) in [6, 6.07) is 18.3. The van der Waals surface area contributed by atoms with Crippen molar-refractivity contribution in [3.05, 3.63) is 60.7 Å². The molecule has 0 radical (unpaired) electrons. The van der Waals surface area contributed by atoms with E-state index < -0.39 is 9.84 Å². The van der Waals surface area contributed by atoms with Gasteiger partial charge in [0, 0.05) is 5.75 Å². The van der Waals surface area contributed by atoms with Gasteiger partial charge in [-0.3, -0.25) is 0 Å². The van der Waals surface area contributed by atoms with Gasteiger partial charge in [-0.05, 0) is 37.1 Å². The van der Waals surface area contributed by atoms with Gasteiger partial charge in [-0.1, -0.05) is 36.4 Å². The maximum absolute atomic E-state index is 12.2. The molecule has 116 valence electrons. The fraction of sp³-hybridized carbons (Fsp3) is 0.294. The number of para-hydroxylation sites is 1. The summed E-state index contributed by atoms with van der Waals surface area (Å²) in [4.78, 5) is 0.171. The highest BCUT2D eigenvalue weighted by Crippen LogP contribution is 2.49. The van der Waals surface area contributed by atoms with Crippen molar-refractivity contribution in [2.24, 2.45) is 0 Å². The standard InChI is InChI=1S/C17H18O3S2/c18-22(19,16-10-5-2-6-11-16)13-7-12-17(14-21-17)20-15-8-3-1-4-9-15/h1-6,8-11H,7,12-14H2. The van der Waals surface area contributed by atoms with Crippen LogP contribution in [-0.2, 0) is 9.84 Å². The highest BCUT2D eigenvalue weighted by molar-refractivity contribution is 8.07. The molecule has 0 aliphatic carbocycles. The van der Waals surface area contributed by atoms with E-state index in [1.807, 2.05) is 36.4 Å². The Bertz CT molecular complexity index is 708. The lowest BCUT2D eigenvalue weighted by Crippen LogP contribution is -2.20. The first kappa shape index (κ1) is 15.4. The molecule has 1 unspecified atom stereocenters. The fourth-order valence-corrected chi connectivity index (χ4v) is 4.46. The van der Waals surface area contributed by atoms with Gasteiger partial charge in [-0.15, -0.1) is 11.8 Å². The van der Waals surface area contributed by atoms with Crippen LogP contribution in [0, 0.1) is 0 Å². The Hall–Kier alpha value is -1.46. The van der Waals surface area contributed by atoms with Crippen LogP contribution in [-0.4, -0.2) is 24.9 Å². The van der Waals surface area contributed by atoms with Gasteiger partial charge in [0.1, 0.15) is 5.75 Å². The highest BCUT2D eigenvalue weighted by Gasteiger charge is 2.46. The second-order valence-electron chi connectivity index (χ2n) is 5.35. The molecule has 1 heterocycles. The number of ether oxygens (including phenoxy) is 1. The first-order valence-corrected chi connectivity index (χ1v) is 9.89. The zero-order chi connectivity index (χ0) is 15.5. The third-order valence-corrected chi connectivity index (χ3v) is 6.62. The molecule has 1 fully saturated rings. The summed E-state index contributed by atoms with van der Waals surface area (Å²) in [6.45, 7) is 0. The van der Waals surface area contributed by atoms with E-state index in [1.54, 1.807) is 36.0 Å². The van der Waals surface area contributed by atoms with Gasteiger partial charge >= 0.3 is 0 Å². The molecule has 0 saturated carbocycles. The summed E-state index contributed by atoms with van der Waals surface area (Å²) < 4.78 is 30.5. The predicted octanol–water partition coefficient (Wildman–Crippen LogP) is 3.76. The summed E-state index contributed by atoms with van der Waals surface area (Å²) in [5, 5.41) is 0. The SMILES string of the molecule is O=S(=O)(CCCC1(Oc2ccccc2)CS1)c1ccccc1. The van der Waals surface area contributed by atoms with E-state index in [0.717, 1.165) is 17.9 Å². The highest BCUT2D eigenvalue weighted by atomic mass is 32.2. The van der Waals surface area contributed by atoms with Crippen molar-refractivity contribution in [1.29, 1.82) is 0 Å². The molecule has 1 atom stereocenters. The van der Waals surface area contributed by atoms with E-state index in [9.17, 15) is 8.42 Å². The first-order chi connectivity index (χ1) is 10.6. The zero-order valence-corrected chi connectivity index (χ0v) is 13.8. The van der Waals surface area contributed by atoms with Crippen LogP contribution in [0.2, 0.25) is 0 Å². The number of rotatable bonds is 7. The van der Waals surface area contributed by atoms with Crippen molar-refractivity contribution >= 4 is 21.6 Å². The van der Waals surface area contributed by atoms with Crippen LogP contribution in [0.4, 0.5) is 0 Å². The van der Waals surface area contributed by atoms with Crippen LogP contribution in [0.5, 0.6) is 5.75 Å². The largest absolute Gasteiger partial charge is 0.476 e. The van der Waals surface area contributed by atoms with Gasteiger partial charge in [0.2, 0.25) is 0 Å². The van der Waals surface area contributed by atoms with Crippen molar-refractivity contribution in [3.63, 3.8) is 0 Å². The second kappa shape index (κ2) is 6.34. The van der Waals surface area contributed by atoms with Gasteiger partial charge in [-0.25, -0.2) is 8.42 Å². The lowest BCUT2D eigenvalue weighted by Gasteiger charge is -2.16. The Morgan fingerprint density at radius 2 is 1.59 bits per heavy atom. The number of hydrogen-bond donors (Lipinski definition) is 0. The summed E-state index contributed by atoms with van der Waals surface area (Å²) >= 11 is 1.74. The van der Waals surface area contributed by atoms with Crippen LogP contribution < -0.4 is 4.74 Å². The number of hydrogen-bond acceptors (Lipinski definition) is 4. The molecule has 1 saturated heterocycles. The first-order valence-electron chi connectivity index (χ1n) is 7.26. The van der Waals surface area contributed by atoms with E-state index in [0.29, 0.717) is 11.3 Å². The third kappa shape index (κ3) is 3.84. The number of thioether (sulfide) groups is 1. The Morgan fingerprint density at radius 1 is 1.00 bits per heavy atom. The number of benzene rings is 2. The third-order valence-electron chi connectivity index (χ3n) is 3.59. The lowest BCUT2D eigenvalue weighted by molar-refractivity contribution is 0.208. The van der Waals surface area contributed by atoms with E-state index >= 15 is 0 Å². The summed E-state index contributed by atoms with van der Waals surface area (Å²) in [5.41, 5.74) is 0. The minimum atomic E-state index is -3.19. The zero-order valence-electron chi connectivity index (χ0n) is 12.1. The van der Waals surface area contributed by atoms with Crippen LogP contribution >= 0.6 is 11.8 Å². The van der Waals surface area contributed by atoms with Gasteiger partial charge < -0.3 is 4.74 Å². The van der Waals surface area contributed by atoms with E-state index in [1.165, 1.54) is 0 Å². The normalized spacial score (nSPS) is 20.5. The van der Waals surface area contributed by atoms with Crippen molar-refractivity contribution in [2.45, 2.75) is 22.7 Å². The molecule has 22 heavy (non-hydrogen) atoms. The van der Waals surface area contributed by atoms with Crippen LogP contribution in [0.3, 0.4) is 0 Å². The molecule has 0 spiro atoms. The van der Waals surface area contributed by atoms with E-state index in [-0.39, 0.29) is 10.7 Å². The molecule has 1 aliphatic heterocycles. The van der Waals surface area contributed by atoms with Crippen molar-refractivity contribution in [2.75, 3.05) is 11.5 Å². The Balaban J connectivity index is 1.55. The molecule has 3 nitrogen and oxygen atoms in total. The van der Waals surface area contributed by atoms with Gasteiger partial charge in [-0.2, -0.15) is 0 Å². The molecule has 0 N–H and O–H groups in total. The van der Waals surface area contributed by atoms with E-state index in [4.69, 9.17) is 4.74 Å². The Morgan fingerprint density at radius 3 is 2.18 bits per heavy atom. The maximum Gasteiger partial charge on any atom is 0.178 e. The van der Waals surface area contributed by atoms with Gasteiger partial charge in [0.25, 0.3) is 0 Å². The van der Waals surface area contributed by atoms with Gasteiger partial charge in [0.05, 0.1) is 10.6 Å². The lowest BCUT2D eigenvalue weighted by atomic mass is 10.2. The summed E-state index contributed by atoms with van der Waals surface area (Å²) in [5.74, 6) is 1.93. The second-order valence-corrected chi connectivity index (χ2v) is 8.78. The molecular weight excluding hydrogens is 316 g/mol. The van der Waals surface area contributed by atoms with E-state index in [2.05, 4.69) is 0 Å². The van der Waals surface area contributed by atoms with Crippen LogP contribution in [0.1, 0.15) is 12.8 Å². The molecule has 0 bridgehead atoms. The van der Waals surface area contributed by atoms with Crippen LogP contribution in [0.15, 0.2) is 65.6 Å². The summed E-state index contributed by atoms with van der Waals surface area (Å²) in [6.07, 6.45) is 1.36. The topological polar surface area (TPSA) is 43.4 Å².